The molecule has 1 heterocycles. The Morgan fingerprint density at radius 1 is 1.10 bits per heavy atom. The van der Waals surface area contributed by atoms with Gasteiger partial charge in [-0.2, -0.15) is 0 Å². The normalized spacial score (nSPS) is 14.1. The Labute approximate surface area is 131 Å². The van der Waals surface area contributed by atoms with E-state index in [-0.39, 0.29) is 17.2 Å². The fraction of sp³-hybridized carbons (Fsp3) is 0.778. The molecule has 0 aliphatic carbocycles. The smallest absolute Gasteiger partial charge is 0.229 e. The maximum atomic E-state index is 11.5. The van der Waals surface area contributed by atoms with E-state index in [0.717, 1.165) is 24.8 Å². The number of hydrogen-bond donors (Lipinski definition) is 0. The molecule has 0 atom stereocenters. The van der Waals surface area contributed by atoms with Crippen LogP contribution in [0, 0.1) is 5.41 Å². The minimum atomic E-state index is -0.0533. The summed E-state index contributed by atoms with van der Waals surface area (Å²) in [7, 11) is 0. The first-order valence-corrected chi connectivity index (χ1v) is 8.40. The van der Waals surface area contributed by atoms with Crippen molar-refractivity contribution < 1.29 is 9.59 Å². The lowest BCUT2D eigenvalue weighted by molar-refractivity contribution is -0.137. The van der Waals surface area contributed by atoms with Gasteiger partial charge in [0.15, 0.2) is 0 Å². The molecule has 1 aliphatic heterocycles. The lowest BCUT2D eigenvalue weighted by Gasteiger charge is -2.29. The van der Waals surface area contributed by atoms with E-state index in [1.165, 1.54) is 4.90 Å². The Kier molecular flexibility index (Phi) is 12.2. The van der Waals surface area contributed by atoms with Gasteiger partial charge in [0.05, 0.1) is 0 Å². The molecule has 0 radical (unpaired) electrons. The summed E-state index contributed by atoms with van der Waals surface area (Å²) in [6.07, 6.45) is 4.08. The third-order valence-electron chi connectivity index (χ3n) is 3.62. The highest BCUT2D eigenvalue weighted by Crippen LogP contribution is 2.32. The van der Waals surface area contributed by atoms with Gasteiger partial charge >= 0.3 is 0 Å². The largest absolute Gasteiger partial charge is 0.278 e. The van der Waals surface area contributed by atoms with Crippen LogP contribution >= 0.6 is 0 Å². The van der Waals surface area contributed by atoms with Crippen molar-refractivity contribution >= 4 is 11.8 Å². The van der Waals surface area contributed by atoms with Gasteiger partial charge in [-0.3, -0.25) is 14.5 Å². The number of unbranched alkanes of at least 4 members (excludes halogenated alkanes) is 1. The van der Waals surface area contributed by atoms with Crippen LogP contribution in [0.3, 0.4) is 0 Å². The molecular formula is C18H35NO2. The Bertz CT molecular complexity index is 316. The minimum Gasteiger partial charge on any atom is -0.278 e. The Morgan fingerprint density at radius 3 is 1.90 bits per heavy atom. The van der Waals surface area contributed by atoms with Gasteiger partial charge in [-0.1, -0.05) is 73.5 Å². The summed E-state index contributed by atoms with van der Waals surface area (Å²) in [5.41, 5.74) is 0.980. The summed E-state index contributed by atoms with van der Waals surface area (Å²) in [5, 5.41) is 0. The quantitative estimate of drug-likeness (QED) is 0.513. The summed E-state index contributed by atoms with van der Waals surface area (Å²) in [6, 6.07) is 0. The van der Waals surface area contributed by atoms with Crippen LogP contribution in [0.1, 0.15) is 80.6 Å². The van der Waals surface area contributed by atoms with E-state index >= 15 is 0 Å². The Balaban J connectivity index is 0. The SMILES string of the molecule is C=C(CN1C(=O)CCC1=O)C(C)(C)CCCC.CC.CC. The minimum absolute atomic E-state index is 0.000833. The highest BCUT2D eigenvalue weighted by Gasteiger charge is 2.32. The van der Waals surface area contributed by atoms with E-state index in [1.54, 1.807) is 0 Å². The van der Waals surface area contributed by atoms with E-state index in [4.69, 9.17) is 0 Å². The molecular weight excluding hydrogens is 262 g/mol. The van der Waals surface area contributed by atoms with Crippen LogP contribution in [0.15, 0.2) is 12.2 Å². The molecule has 21 heavy (non-hydrogen) atoms. The van der Waals surface area contributed by atoms with Gasteiger partial charge in [-0.25, -0.2) is 0 Å². The molecule has 2 amide bonds. The number of carbonyl (C=O) groups excluding carboxylic acids is 2. The average molecular weight is 297 g/mol. The van der Waals surface area contributed by atoms with Crippen LogP contribution in [0.5, 0.6) is 0 Å². The van der Waals surface area contributed by atoms with Crippen LogP contribution in [0.4, 0.5) is 0 Å². The fourth-order valence-electron chi connectivity index (χ4n) is 2.00. The van der Waals surface area contributed by atoms with Crippen LogP contribution in [-0.4, -0.2) is 23.3 Å². The lowest BCUT2D eigenvalue weighted by Crippen LogP contribution is -2.34. The molecule has 1 rings (SSSR count). The highest BCUT2D eigenvalue weighted by atomic mass is 16.2. The van der Waals surface area contributed by atoms with E-state index in [2.05, 4.69) is 27.4 Å². The van der Waals surface area contributed by atoms with Gasteiger partial charge in [0, 0.05) is 19.4 Å². The summed E-state index contributed by atoms with van der Waals surface area (Å²) in [6.45, 7) is 18.9. The molecule has 0 aromatic rings. The van der Waals surface area contributed by atoms with Crippen LogP contribution in [0.2, 0.25) is 0 Å². The summed E-state index contributed by atoms with van der Waals surface area (Å²) in [4.78, 5) is 24.4. The monoisotopic (exact) mass is 297 g/mol. The van der Waals surface area contributed by atoms with Crippen molar-refractivity contribution in [3.63, 3.8) is 0 Å². The molecule has 1 aliphatic rings. The molecule has 1 fully saturated rings. The molecule has 124 valence electrons. The van der Waals surface area contributed by atoms with Crippen molar-refractivity contribution in [1.82, 2.24) is 4.90 Å². The molecule has 1 saturated heterocycles. The van der Waals surface area contributed by atoms with Crippen LogP contribution < -0.4 is 0 Å². The number of rotatable bonds is 6. The second-order valence-corrected chi connectivity index (χ2v) is 5.46. The standard InChI is InChI=1S/C14H23NO2.2C2H6/c1-5-6-9-14(3,4)11(2)10-15-12(16)7-8-13(15)17;2*1-2/h2,5-10H2,1,3-4H3;2*1-2H3. The first-order chi connectivity index (χ1) is 9.88. The molecule has 0 unspecified atom stereocenters. The summed E-state index contributed by atoms with van der Waals surface area (Å²) < 4.78 is 0. The number of nitrogens with zero attached hydrogens (tertiary/aromatic N) is 1. The number of hydrogen-bond acceptors (Lipinski definition) is 2. The maximum absolute atomic E-state index is 11.5. The van der Waals surface area contributed by atoms with E-state index in [1.807, 2.05) is 27.7 Å². The second kappa shape index (κ2) is 11.5. The molecule has 0 aromatic heterocycles. The summed E-state index contributed by atoms with van der Waals surface area (Å²) >= 11 is 0. The third-order valence-corrected chi connectivity index (χ3v) is 3.62. The fourth-order valence-corrected chi connectivity index (χ4v) is 2.00. The number of likely N-dealkylation sites (tertiary alicyclic amines) is 1. The van der Waals surface area contributed by atoms with Crippen molar-refractivity contribution in [3.05, 3.63) is 12.2 Å². The zero-order valence-electron chi connectivity index (χ0n) is 15.2. The molecule has 0 spiro atoms. The zero-order chi connectivity index (χ0) is 17.1. The molecule has 3 heteroatoms. The first-order valence-electron chi connectivity index (χ1n) is 8.40. The Hall–Kier alpha value is -1.12. The van der Waals surface area contributed by atoms with Gasteiger partial charge in [0.25, 0.3) is 0 Å². The van der Waals surface area contributed by atoms with Crippen LogP contribution in [0.25, 0.3) is 0 Å². The lowest BCUT2D eigenvalue weighted by atomic mass is 9.80. The van der Waals surface area contributed by atoms with Crippen molar-refractivity contribution in [2.24, 2.45) is 5.41 Å². The molecule has 0 aromatic carbocycles. The predicted molar refractivity (Wildman–Crippen MR) is 91.1 cm³/mol. The van der Waals surface area contributed by atoms with Gasteiger partial charge in [-0.05, 0) is 11.8 Å². The van der Waals surface area contributed by atoms with E-state index in [9.17, 15) is 9.59 Å². The molecule has 0 bridgehead atoms. The number of amides is 2. The average Bonchev–Trinajstić information content (AvgIpc) is 2.81. The van der Waals surface area contributed by atoms with E-state index < -0.39 is 0 Å². The van der Waals surface area contributed by atoms with Gasteiger partial charge in [0.1, 0.15) is 0 Å². The second-order valence-electron chi connectivity index (χ2n) is 5.46. The van der Waals surface area contributed by atoms with E-state index in [0.29, 0.717) is 19.4 Å². The Morgan fingerprint density at radius 2 is 1.52 bits per heavy atom. The van der Waals surface area contributed by atoms with Gasteiger partial charge < -0.3 is 0 Å². The van der Waals surface area contributed by atoms with Crippen molar-refractivity contribution in [1.29, 1.82) is 0 Å². The van der Waals surface area contributed by atoms with Crippen LogP contribution in [-0.2, 0) is 9.59 Å². The highest BCUT2D eigenvalue weighted by molar-refractivity contribution is 6.02. The summed E-state index contributed by atoms with van der Waals surface area (Å²) in [5.74, 6) is -0.107. The van der Waals surface area contributed by atoms with Crippen molar-refractivity contribution in [3.8, 4) is 0 Å². The molecule has 0 saturated carbocycles. The number of imide groups is 1. The van der Waals surface area contributed by atoms with Crippen molar-refractivity contribution in [2.45, 2.75) is 80.6 Å². The first kappa shape index (κ1) is 22.2. The number of carbonyl (C=O) groups is 2. The maximum Gasteiger partial charge on any atom is 0.229 e. The zero-order valence-corrected chi connectivity index (χ0v) is 15.2. The van der Waals surface area contributed by atoms with Gasteiger partial charge in [-0.15, -0.1) is 0 Å². The third kappa shape index (κ3) is 7.45. The topological polar surface area (TPSA) is 37.4 Å². The molecule has 3 nitrogen and oxygen atoms in total. The van der Waals surface area contributed by atoms with Crippen molar-refractivity contribution in [2.75, 3.05) is 6.54 Å². The van der Waals surface area contributed by atoms with Gasteiger partial charge in [0.2, 0.25) is 11.8 Å². The predicted octanol–water partition coefficient (Wildman–Crippen LogP) is 4.96. The molecule has 0 N–H and O–H groups in total.